The molecule has 1 unspecified atom stereocenters. The van der Waals surface area contributed by atoms with Crippen LogP contribution < -0.4 is 10.1 Å². The number of hydrogen-bond acceptors (Lipinski definition) is 4. The van der Waals surface area contributed by atoms with Gasteiger partial charge in [-0.05, 0) is 54.0 Å². The minimum Gasteiger partial charge on any atom is -0.456 e. The van der Waals surface area contributed by atoms with Gasteiger partial charge in [0.1, 0.15) is 18.1 Å². The Morgan fingerprint density at radius 2 is 1.91 bits per heavy atom. The molecule has 2 heterocycles. The second-order valence-corrected chi connectivity index (χ2v) is 8.45. The Balaban J connectivity index is 1.29. The molecule has 2 aliphatic rings. The largest absolute Gasteiger partial charge is 0.456 e. The minimum atomic E-state index is -0.286. The zero-order valence-electron chi connectivity index (χ0n) is 17.9. The summed E-state index contributed by atoms with van der Waals surface area (Å²) in [5.41, 5.74) is 4.18. The van der Waals surface area contributed by atoms with Gasteiger partial charge in [-0.2, -0.15) is 0 Å². The molecule has 2 aliphatic heterocycles. The van der Waals surface area contributed by atoms with E-state index in [0.717, 1.165) is 22.4 Å². The van der Waals surface area contributed by atoms with Gasteiger partial charge in [-0.3, -0.25) is 4.79 Å². The molecule has 3 aromatic rings. The van der Waals surface area contributed by atoms with Gasteiger partial charge in [-0.1, -0.05) is 48.0 Å². The molecule has 1 atom stereocenters. The number of anilines is 1. The summed E-state index contributed by atoms with van der Waals surface area (Å²) in [4.78, 5) is 25.5. The predicted octanol–water partition coefficient (Wildman–Crippen LogP) is 5.62. The first-order valence-electron chi connectivity index (χ1n) is 10.6. The molecule has 1 fully saturated rings. The number of rotatable bonds is 5. The fourth-order valence-electron chi connectivity index (χ4n) is 3.96. The molecule has 0 bridgehead atoms. The predicted molar refractivity (Wildman–Crippen MR) is 128 cm³/mol. The molecule has 7 heteroatoms. The average molecular weight is 461 g/mol. The van der Waals surface area contributed by atoms with Gasteiger partial charge < -0.3 is 19.7 Å². The summed E-state index contributed by atoms with van der Waals surface area (Å²) in [5, 5.41) is 3.31. The van der Waals surface area contributed by atoms with Crippen molar-refractivity contribution in [2.24, 2.45) is 0 Å². The summed E-state index contributed by atoms with van der Waals surface area (Å²) in [5.74, 6) is 1.05. The molecule has 2 amide bonds. The van der Waals surface area contributed by atoms with Crippen LogP contribution >= 0.6 is 11.6 Å². The first-order valence-corrected chi connectivity index (χ1v) is 10.9. The van der Waals surface area contributed by atoms with E-state index in [0.29, 0.717) is 35.1 Å². The van der Waals surface area contributed by atoms with E-state index in [-0.39, 0.29) is 18.0 Å². The van der Waals surface area contributed by atoms with E-state index >= 15 is 0 Å². The summed E-state index contributed by atoms with van der Waals surface area (Å²) in [6.07, 6.45) is 2.25. The molecule has 0 saturated carbocycles. The van der Waals surface area contributed by atoms with Crippen LogP contribution in [0.25, 0.3) is 11.6 Å². The average Bonchev–Trinajstić information content (AvgIpc) is 3.30. The van der Waals surface area contributed by atoms with E-state index in [2.05, 4.69) is 5.32 Å². The number of amides is 2. The molecule has 1 saturated heterocycles. The Bertz CT molecular complexity index is 1270. The first kappa shape index (κ1) is 21.1. The molecule has 5 rings (SSSR count). The van der Waals surface area contributed by atoms with Crippen LogP contribution in [0.4, 0.5) is 10.5 Å². The van der Waals surface area contributed by atoms with Gasteiger partial charge in [0.15, 0.2) is 0 Å². The Morgan fingerprint density at radius 1 is 1.12 bits per heavy atom. The molecule has 3 aromatic carbocycles. The number of benzene rings is 3. The Kier molecular flexibility index (Phi) is 5.52. The van der Waals surface area contributed by atoms with E-state index in [1.54, 1.807) is 24.1 Å². The summed E-state index contributed by atoms with van der Waals surface area (Å²) in [6, 6.07) is 20.7. The zero-order valence-corrected chi connectivity index (χ0v) is 18.6. The third-order valence-corrected chi connectivity index (χ3v) is 6.13. The van der Waals surface area contributed by atoms with Crippen molar-refractivity contribution in [3.8, 4) is 11.5 Å². The van der Waals surface area contributed by atoms with Crippen molar-refractivity contribution in [3.05, 3.63) is 88.4 Å². The third-order valence-electron chi connectivity index (χ3n) is 5.83. The van der Waals surface area contributed by atoms with E-state index in [1.807, 2.05) is 60.7 Å². The fraction of sp³-hybridized carbons (Fsp3) is 0.154. The van der Waals surface area contributed by atoms with Crippen LogP contribution in [0, 0.1) is 0 Å². The smallest absolute Gasteiger partial charge is 0.409 e. The summed E-state index contributed by atoms with van der Waals surface area (Å²) in [6.45, 7) is 0.402. The number of cyclic esters (lactones) is 1. The molecular formula is C26H21ClN2O4. The first-order chi connectivity index (χ1) is 16.0. The van der Waals surface area contributed by atoms with Crippen LogP contribution in [0.15, 0.2) is 66.7 Å². The normalized spacial score (nSPS) is 18.3. The highest BCUT2D eigenvalue weighted by atomic mass is 35.5. The van der Waals surface area contributed by atoms with Gasteiger partial charge in [0.05, 0.1) is 11.1 Å². The van der Waals surface area contributed by atoms with Gasteiger partial charge in [-0.15, -0.1) is 0 Å². The van der Waals surface area contributed by atoms with Crippen molar-refractivity contribution in [2.45, 2.75) is 12.5 Å². The molecule has 0 spiro atoms. The highest BCUT2D eigenvalue weighted by molar-refractivity contribution is 6.35. The van der Waals surface area contributed by atoms with Crippen molar-refractivity contribution in [2.75, 3.05) is 19.0 Å². The van der Waals surface area contributed by atoms with Crippen LogP contribution in [0.3, 0.4) is 0 Å². The van der Waals surface area contributed by atoms with Gasteiger partial charge in [0.25, 0.3) is 5.91 Å². The molecule has 0 aromatic heterocycles. The number of nitrogens with zero attached hydrogens (tertiary/aromatic N) is 1. The van der Waals surface area contributed by atoms with Crippen LogP contribution in [0.5, 0.6) is 11.5 Å². The molecule has 166 valence electrons. The SMILES string of the molecule is CN1C(=O)OCC1Cc1ccc(Oc2ccc(/C=C3/C(=O)Nc4ccccc43)cc2Cl)cc1. The lowest BCUT2D eigenvalue weighted by molar-refractivity contribution is -0.110. The number of para-hydroxylation sites is 1. The summed E-state index contributed by atoms with van der Waals surface area (Å²) >= 11 is 6.47. The van der Waals surface area contributed by atoms with Crippen LogP contribution in [-0.4, -0.2) is 36.6 Å². The van der Waals surface area contributed by atoms with Gasteiger partial charge >= 0.3 is 6.09 Å². The maximum absolute atomic E-state index is 12.3. The number of hydrogen-bond donors (Lipinski definition) is 1. The summed E-state index contributed by atoms with van der Waals surface area (Å²) < 4.78 is 11.0. The van der Waals surface area contributed by atoms with Gasteiger partial charge in [0.2, 0.25) is 0 Å². The number of carbonyl (C=O) groups is 2. The van der Waals surface area contributed by atoms with Crippen molar-refractivity contribution in [3.63, 3.8) is 0 Å². The second kappa shape index (κ2) is 8.64. The fourth-order valence-corrected chi connectivity index (χ4v) is 4.18. The lowest BCUT2D eigenvalue weighted by Crippen LogP contribution is -2.30. The van der Waals surface area contributed by atoms with Crippen molar-refractivity contribution < 1.29 is 19.1 Å². The topological polar surface area (TPSA) is 67.9 Å². The Labute approximate surface area is 196 Å². The van der Waals surface area contributed by atoms with E-state index < -0.39 is 0 Å². The molecule has 0 aliphatic carbocycles. The third kappa shape index (κ3) is 4.30. The highest BCUT2D eigenvalue weighted by Gasteiger charge is 2.29. The Hall–Kier alpha value is -3.77. The number of halogens is 1. The molecule has 0 radical (unpaired) electrons. The number of carbonyl (C=O) groups excluding carboxylic acids is 2. The number of nitrogens with one attached hydrogen (secondary N) is 1. The molecular weight excluding hydrogens is 440 g/mol. The van der Waals surface area contributed by atoms with Crippen molar-refractivity contribution in [1.82, 2.24) is 4.90 Å². The lowest BCUT2D eigenvalue weighted by atomic mass is 10.0. The minimum absolute atomic E-state index is 0.0364. The van der Waals surface area contributed by atoms with Gasteiger partial charge in [0, 0.05) is 23.9 Å². The van der Waals surface area contributed by atoms with Crippen molar-refractivity contribution >= 4 is 40.9 Å². The van der Waals surface area contributed by atoms with E-state index in [4.69, 9.17) is 21.1 Å². The number of ether oxygens (including phenoxy) is 2. The Morgan fingerprint density at radius 3 is 2.64 bits per heavy atom. The lowest BCUT2D eigenvalue weighted by Gasteiger charge is -2.16. The highest BCUT2D eigenvalue weighted by Crippen LogP contribution is 2.35. The summed E-state index contributed by atoms with van der Waals surface area (Å²) in [7, 11) is 1.75. The molecule has 6 nitrogen and oxygen atoms in total. The number of fused-ring (bicyclic) bond motifs is 1. The standard InChI is InChI=1S/C26H21ClN2O4/c1-29-18(15-32-26(29)31)12-16-6-9-19(10-7-16)33-24-11-8-17(14-22(24)27)13-21-20-4-2-3-5-23(20)28-25(21)30/h2-11,13-14,18H,12,15H2,1H3,(H,28,30)/b21-13+. The van der Waals surface area contributed by atoms with Crippen LogP contribution in [0.1, 0.15) is 16.7 Å². The number of likely N-dealkylation sites (N-methyl/N-ethyl adjacent to an activating group) is 1. The maximum atomic E-state index is 12.3. The van der Waals surface area contributed by atoms with E-state index in [1.165, 1.54) is 0 Å². The van der Waals surface area contributed by atoms with E-state index in [9.17, 15) is 9.59 Å². The van der Waals surface area contributed by atoms with Crippen molar-refractivity contribution in [1.29, 1.82) is 0 Å². The van der Waals surface area contributed by atoms with Crippen LogP contribution in [-0.2, 0) is 16.0 Å². The van der Waals surface area contributed by atoms with Gasteiger partial charge in [-0.25, -0.2) is 4.79 Å². The van der Waals surface area contributed by atoms with Crippen LogP contribution in [0.2, 0.25) is 5.02 Å². The quantitative estimate of drug-likeness (QED) is 0.502. The zero-order chi connectivity index (χ0) is 22.9. The monoisotopic (exact) mass is 460 g/mol. The maximum Gasteiger partial charge on any atom is 0.409 e. The molecule has 1 N–H and O–H groups in total. The molecule has 33 heavy (non-hydrogen) atoms. The second-order valence-electron chi connectivity index (χ2n) is 8.04.